The molecular formula is C31H37N4NaO3. The molecule has 0 unspecified atom stereocenters. The topological polar surface area (TPSA) is 93.8 Å². The van der Waals surface area contributed by atoms with Crippen LogP contribution >= 0.6 is 0 Å². The summed E-state index contributed by atoms with van der Waals surface area (Å²) in [5.41, 5.74) is 5.70. The number of aromatic amines is 1. The predicted octanol–water partition coefficient (Wildman–Crippen LogP) is 5.43. The normalized spacial score (nSPS) is 13.8. The second-order valence-corrected chi connectivity index (χ2v) is 10.5. The SMILES string of the molecule is CCCCc1nc(C)n(CC2CCCCC2)c(=O)c1Cc1ccc(-c2ccccc2-c2noc(=O)[nH]2)cc1.[NaH]. The summed E-state index contributed by atoms with van der Waals surface area (Å²) < 4.78 is 6.65. The van der Waals surface area contributed by atoms with Gasteiger partial charge >= 0.3 is 35.3 Å². The first-order valence-electron chi connectivity index (χ1n) is 13.9. The molecule has 7 nitrogen and oxygen atoms in total. The Morgan fingerprint density at radius 2 is 1.72 bits per heavy atom. The zero-order valence-electron chi connectivity index (χ0n) is 22.3. The summed E-state index contributed by atoms with van der Waals surface area (Å²) in [6.07, 6.45) is 9.70. The molecule has 2 aromatic heterocycles. The maximum absolute atomic E-state index is 13.8. The molecule has 200 valence electrons. The van der Waals surface area contributed by atoms with Gasteiger partial charge in [0.15, 0.2) is 5.82 Å². The molecule has 1 fully saturated rings. The molecule has 0 saturated heterocycles. The third kappa shape index (κ3) is 6.89. The summed E-state index contributed by atoms with van der Waals surface area (Å²) in [4.78, 5) is 32.9. The molecule has 0 aliphatic heterocycles. The monoisotopic (exact) mass is 536 g/mol. The Balaban J connectivity index is 0.00000353. The van der Waals surface area contributed by atoms with Crippen molar-refractivity contribution in [2.45, 2.75) is 78.2 Å². The van der Waals surface area contributed by atoms with Gasteiger partial charge in [0.05, 0.1) is 5.69 Å². The van der Waals surface area contributed by atoms with Crippen molar-refractivity contribution in [3.63, 3.8) is 0 Å². The predicted molar refractivity (Wildman–Crippen MR) is 156 cm³/mol. The Bertz CT molecular complexity index is 1500. The van der Waals surface area contributed by atoms with E-state index in [0.717, 1.165) is 65.1 Å². The van der Waals surface area contributed by atoms with Crippen LogP contribution in [0.15, 0.2) is 62.6 Å². The fourth-order valence-corrected chi connectivity index (χ4v) is 5.62. The van der Waals surface area contributed by atoms with Gasteiger partial charge in [-0.15, -0.1) is 0 Å². The quantitative estimate of drug-likeness (QED) is 0.288. The van der Waals surface area contributed by atoms with Crippen molar-refractivity contribution < 1.29 is 4.52 Å². The van der Waals surface area contributed by atoms with Crippen molar-refractivity contribution in [1.29, 1.82) is 0 Å². The Hall–Kier alpha value is -2.74. The molecule has 1 N–H and O–H groups in total. The molecule has 2 aromatic carbocycles. The molecule has 1 aliphatic carbocycles. The van der Waals surface area contributed by atoms with Gasteiger partial charge in [-0.25, -0.2) is 9.78 Å². The number of unbranched alkanes of at least 4 members (excludes halogenated alkanes) is 1. The van der Waals surface area contributed by atoms with Crippen molar-refractivity contribution in [2.24, 2.45) is 5.92 Å². The van der Waals surface area contributed by atoms with E-state index in [1.807, 2.05) is 35.8 Å². The van der Waals surface area contributed by atoms with Gasteiger partial charge in [0.2, 0.25) is 0 Å². The third-order valence-electron chi connectivity index (χ3n) is 7.74. The third-order valence-corrected chi connectivity index (χ3v) is 7.74. The van der Waals surface area contributed by atoms with E-state index in [2.05, 4.69) is 41.3 Å². The fraction of sp³-hybridized carbons (Fsp3) is 0.419. The van der Waals surface area contributed by atoms with Gasteiger partial charge in [-0.1, -0.05) is 86.3 Å². The average molecular weight is 537 g/mol. The Labute approximate surface area is 251 Å². The van der Waals surface area contributed by atoms with Crippen LogP contribution in [0, 0.1) is 12.8 Å². The van der Waals surface area contributed by atoms with Crippen LogP contribution in [0.2, 0.25) is 0 Å². The number of nitrogens with zero attached hydrogens (tertiary/aromatic N) is 3. The number of nitrogens with one attached hydrogen (secondary N) is 1. The Morgan fingerprint density at radius 1 is 1.00 bits per heavy atom. The molecule has 0 bridgehead atoms. The first-order valence-corrected chi connectivity index (χ1v) is 13.9. The number of H-pyrrole nitrogens is 1. The van der Waals surface area contributed by atoms with E-state index < -0.39 is 5.76 Å². The van der Waals surface area contributed by atoms with Gasteiger partial charge in [-0.3, -0.25) is 18.9 Å². The number of benzene rings is 2. The zero-order valence-corrected chi connectivity index (χ0v) is 22.3. The van der Waals surface area contributed by atoms with E-state index in [-0.39, 0.29) is 35.1 Å². The van der Waals surface area contributed by atoms with Crippen LogP contribution in [0.5, 0.6) is 0 Å². The zero-order chi connectivity index (χ0) is 26.5. The number of hydrogen-bond donors (Lipinski definition) is 1. The van der Waals surface area contributed by atoms with Gasteiger partial charge in [0, 0.05) is 24.1 Å². The van der Waals surface area contributed by atoms with Crippen LogP contribution in [-0.2, 0) is 19.4 Å². The van der Waals surface area contributed by atoms with E-state index in [1.165, 1.54) is 32.1 Å². The maximum atomic E-state index is 13.8. The first kappa shape index (κ1) is 29.2. The van der Waals surface area contributed by atoms with Crippen molar-refractivity contribution in [3.05, 3.63) is 92.1 Å². The summed E-state index contributed by atoms with van der Waals surface area (Å²) in [6, 6.07) is 16.0. The van der Waals surface area contributed by atoms with Gasteiger partial charge in [-0.2, -0.15) is 0 Å². The van der Waals surface area contributed by atoms with Gasteiger partial charge in [0.25, 0.3) is 5.56 Å². The standard InChI is InChI=1S/C31H36N4O3.Na.H/c1-3-4-14-28-27(30(36)35(21(2)32-28)20-23-10-6-5-7-11-23)19-22-15-17-24(18-16-22)25-12-8-9-13-26(25)29-33-31(37)38-34-29;;/h8-9,12-13,15-18,23H,3-7,10-11,14,19-20H2,1-2H3,(H,33,34,37);;. The number of rotatable bonds is 9. The molecule has 4 aromatic rings. The van der Waals surface area contributed by atoms with Crippen LogP contribution in [0.25, 0.3) is 22.5 Å². The molecule has 5 rings (SSSR count). The minimum atomic E-state index is -0.579. The molecule has 39 heavy (non-hydrogen) atoms. The van der Waals surface area contributed by atoms with E-state index in [1.54, 1.807) is 0 Å². The van der Waals surface area contributed by atoms with E-state index in [0.29, 0.717) is 18.2 Å². The molecule has 0 amide bonds. The van der Waals surface area contributed by atoms with Gasteiger partial charge < -0.3 is 0 Å². The van der Waals surface area contributed by atoms with E-state index >= 15 is 0 Å². The summed E-state index contributed by atoms with van der Waals surface area (Å²) >= 11 is 0. The molecular weight excluding hydrogens is 499 g/mol. The van der Waals surface area contributed by atoms with Crippen LogP contribution in [-0.4, -0.2) is 49.2 Å². The molecule has 2 heterocycles. The summed E-state index contributed by atoms with van der Waals surface area (Å²) in [5.74, 6) is 1.23. The molecule has 1 saturated carbocycles. The molecule has 1 aliphatic rings. The van der Waals surface area contributed by atoms with Crippen LogP contribution < -0.4 is 11.3 Å². The van der Waals surface area contributed by atoms with Crippen molar-refractivity contribution in [3.8, 4) is 22.5 Å². The van der Waals surface area contributed by atoms with Gasteiger partial charge in [0.1, 0.15) is 5.82 Å². The molecule has 0 radical (unpaired) electrons. The second kappa shape index (κ2) is 13.6. The summed E-state index contributed by atoms with van der Waals surface area (Å²) in [7, 11) is 0. The van der Waals surface area contributed by atoms with Crippen molar-refractivity contribution in [1.82, 2.24) is 19.7 Å². The van der Waals surface area contributed by atoms with Crippen LogP contribution in [0.1, 0.15) is 74.5 Å². The fourth-order valence-electron chi connectivity index (χ4n) is 5.62. The van der Waals surface area contributed by atoms with E-state index in [4.69, 9.17) is 9.51 Å². The van der Waals surface area contributed by atoms with Crippen LogP contribution in [0.3, 0.4) is 0 Å². The number of aryl methyl sites for hydroxylation is 2. The van der Waals surface area contributed by atoms with Crippen LogP contribution in [0.4, 0.5) is 0 Å². The Morgan fingerprint density at radius 3 is 2.38 bits per heavy atom. The molecule has 8 heteroatoms. The second-order valence-electron chi connectivity index (χ2n) is 10.5. The molecule has 0 atom stereocenters. The summed E-state index contributed by atoms with van der Waals surface area (Å²) in [5, 5.41) is 3.86. The van der Waals surface area contributed by atoms with E-state index in [9.17, 15) is 9.59 Å². The van der Waals surface area contributed by atoms with Gasteiger partial charge in [-0.05, 0) is 55.2 Å². The number of hydrogen-bond acceptors (Lipinski definition) is 5. The van der Waals surface area contributed by atoms with Crippen molar-refractivity contribution >= 4 is 29.6 Å². The summed E-state index contributed by atoms with van der Waals surface area (Å²) in [6.45, 7) is 4.93. The Kier molecular flexibility index (Phi) is 10.2. The molecule has 0 spiro atoms. The number of aromatic nitrogens is 4. The van der Waals surface area contributed by atoms with Crippen molar-refractivity contribution in [2.75, 3.05) is 0 Å². The minimum absolute atomic E-state index is 0. The average Bonchev–Trinajstić information content (AvgIpc) is 3.38. The first-order chi connectivity index (χ1) is 18.5.